The third kappa shape index (κ3) is 3.59. The fourth-order valence-electron chi connectivity index (χ4n) is 2.67. The van der Waals surface area contributed by atoms with E-state index >= 15 is 0 Å². The van der Waals surface area contributed by atoms with Gasteiger partial charge in [0.1, 0.15) is 5.25 Å². The molecule has 1 aromatic rings. The standard InChI is InChI=1S/C15H23NO3S/c1-3-13(14-7-5-4-6-8-14)11-16-20(17,18)15-9-10-19-12(15)2/h4-8,12-13,15-16H,3,9-11H2,1-2H3/t12-,13-,15+/m1/s1. The Labute approximate surface area is 121 Å². The SMILES string of the molecule is CC[C@H](CNS(=O)(=O)[C@H]1CCO[C@@H]1C)c1ccccc1. The van der Waals surface area contributed by atoms with Gasteiger partial charge in [0.05, 0.1) is 6.10 Å². The lowest BCUT2D eigenvalue weighted by Gasteiger charge is -2.20. The van der Waals surface area contributed by atoms with Gasteiger partial charge in [0.25, 0.3) is 0 Å². The Morgan fingerprint density at radius 1 is 1.35 bits per heavy atom. The molecule has 1 aliphatic heterocycles. The third-order valence-corrected chi connectivity index (χ3v) is 5.99. The minimum absolute atomic E-state index is 0.212. The quantitative estimate of drug-likeness (QED) is 0.876. The van der Waals surface area contributed by atoms with Gasteiger partial charge in [-0.05, 0) is 31.2 Å². The molecular weight excluding hydrogens is 274 g/mol. The summed E-state index contributed by atoms with van der Waals surface area (Å²) >= 11 is 0. The maximum atomic E-state index is 12.3. The zero-order chi connectivity index (χ0) is 14.6. The molecule has 5 heteroatoms. The molecule has 2 rings (SSSR count). The molecule has 1 saturated heterocycles. The van der Waals surface area contributed by atoms with Gasteiger partial charge in [-0.15, -0.1) is 0 Å². The second-order valence-electron chi connectivity index (χ2n) is 5.31. The monoisotopic (exact) mass is 297 g/mol. The molecule has 1 N–H and O–H groups in total. The highest BCUT2D eigenvalue weighted by Gasteiger charge is 2.35. The van der Waals surface area contributed by atoms with Crippen LogP contribution in [0.2, 0.25) is 0 Å². The first kappa shape index (κ1) is 15.5. The number of ether oxygens (including phenoxy) is 1. The van der Waals surface area contributed by atoms with E-state index in [1.165, 1.54) is 5.56 Å². The number of benzene rings is 1. The van der Waals surface area contributed by atoms with Gasteiger partial charge in [0.15, 0.2) is 0 Å². The smallest absolute Gasteiger partial charge is 0.217 e. The van der Waals surface area contributed by atoms with Gasteiger partial charge in [0.2, 0.25) is 10.0 Å². The normalized spacial score (nSPS) is 24.7. The van der Waals surface area contributed by atoms with Crippen LogP contribution in [-0.4, -0.2) is 32.9 Å². The van der Waals surface area contributed by atoms with E-state index in [4.69, 9.17) is 4.74 Å². The first-order valence-electron chi connectivity index (χ1n) is 7.19. The van der Waals surface area contributed by atoms with Crippen LogP contribution in [-0.2, 0) is 14.8 Å². The molecule has 20 heavy (non-hydrogen) atoms. The first-order chi connectivity index (χ1) is 9.54. The van der Waals surface area contributed by atoms with Crippen molar-refractivity contribution in [2.24, 2.45) is 0 Å². The number of rotatable bonds is 6. The molecular formula is C15H23NO3S. The second-order valence-corrected chi connectivity index (χ2v) is 7.30. The van der Waals surface area contributed by atoms with Crippen LogP contribution in [0.3, 0.4) is 0 Å². The van der Waals surface area contributed by atoms with Crippen LogP contribution in [0, 0.1) is 0 Å². The Hall–Kier alpha value is -0.910. The molecule has 0 radical (unpaired) electrons. The average Bonchev–Trinajstić information content (AvgIpc) is 2.88. The summed E-state index contributed by atoms with van der Waals surface area (Å²) in [5.74, 6) is 0.212. The summed E-state index contributed by atoms with van der Waals surface area (Å²) in [6, 6.07) is 10.0. The van der Waals surface area contributed by atoms with Crippen LogP contribution in [0.15, 0.2) is 30.3 Å². The van der Waals surface area contributed by atoms with E-state index in [0.29, 0.717) is 19.6 Å². The van der Waals surface area contributed by atoms with Gasteiger partial charge in [-0.3, -0.25) is 0 Å². The van der Waals surface area contributed by atoms with E-state index in [2.05, 4.69) is 11.6 Å². The largest absolute Gasteiger partial charge is 0.377 e. The third-order valence-electron chi connectivity index (χ3n) is 4.00. The van der Waals surface area contributed by atoms with E-state index in [0.717, 1.165) is 6.42 Å². The van der Waals surface area contributed by atoms with Crippen molar-refractivity contribution in [2.75, 3.05) is 13.2 Å². The zero-order valence-corrected chi connectivity index (χ0v) is 12.9. The number of sulfonamides is 1. The molecule has 0 unspecified atom stereocenters. The fourth-order valence-corrected chi connectivity index (χ4v) is 4.30. The number of hydrogen-bond acceptors (Lipinski definition) is 3. The summed E-state index contributed by atoms with van der Waals surface area (Å²) in [7, 11) is -3.30. The van der Waals surface area contributed by atoms with E-state index in [1.807, 2.05) is 37.3 Å². The lowest BCUT2D eigenvalue weighted by Crippen LogP contribution is -2.39. The fraction of sp³-hybridized carbons (Fsp3) is 0.600. The topological polar surface area (TPSA) is 55.4 Å². The van der Waals surface area contributed by atoms with Crippen molar-refractivity contribution in [1.82, 2.24) is 4.72 Å². The van der Waals surface area contributed by atoms with Crippen molar-refractivity contribution >= 4 is 10.0 Å². The maximum absolute atomic E-state index is 12.3. The minimum atomic E-state index is -3.30. The van der Waals surface area contributed by atoms with Crippen molar-refractivity contribution in [3.05, 3.63) is 35.9 Å². The molecule has 0 amide bonds. The second kappa shape index (κ2) is 6.70. The van der Waals surface area contributed by atoms with Crippen LogP contribution in [0.25, 0.3) is 0 Å². The molecule has 0 bridgehead atoms. The zero-order valence-electron chi connectivity index (χ0n) is 12.1. The molecule has 3 atom stereocenters. The highest BCUT2D eigenvalue weighted by molar-refractivity contribution is 7.90. The molecule has 0 aliphatic carbocycles. The van der Waals surface area contributed by atoms with Crippen LogP contribution >= 0.6 is 0 Å². The highest BCUT2D eigenvalue weighted by Crippen LogP contribution is 2.22. The maximum Gasteiger partial charge on any atom is 0.217 e. The van der Waals surface area contributed by atoms with Gasteiger partial charge in [-0.1, -0.05) is 37.3 Å². The molecule has 4 nitrogen and oxygen atoms in total. The first-order valence-corrected chi connectivity index (χ1v) is 8.74. The van der Waals surface area contributed by atoms with E-state index in [-0.39, 0.29) is 12.0 Å². The van der Waals surface area contributed by atoms with Crippen molar-refractivity contribution < 1.29 is 13.2 Å². The lowest BCUT2D eigenvalue weighted by atomic mass is 9.97. The molecule has 112 valence electrons. The number of hydrogen-bond donors (Lipinski definition) is 1. The van der Waals surface area contributed by atoms with Gasteiger partial charge < -0.3 is 4.74 Å². The highest BCUT2D eigenvalue weighted by atomic mass is 32.2. The van der Waals surface area contributed by atoms with Crippen molar-refractivity contribution in [1.29, 1.82) is 0 Å². The Kier molecular flexibility index (Phi) is 5.18. The van der Waals surface area contributed by atoms with Crippen LogP contribution in [0.5, 0.6) is 0 Å². The van der Waals surface area contributed by atoms with Crippen LogP contribution < -0.4 is 4.72 Å². The summed E-state index contributed by atoms with van der Waals surface area (Å²) in [4.78, 5) is 0. The van der Waals surface area contributed by atoms with E-state index < -0.39 is 15.3 Å². The predicted octanol–water partition coefficient (Wildman–Crippen LogP) is 2.28. The Balaban J connectivity index is 1.99. The summed E-state index contributed by atoms with van der Waals surface area (Å²) < 4.78 is 32.7. The summed E-state index contributed by atoms with van der Waals surface area (Å²) in [6.45, 7) is 4.88. The Bertz CT molecular complexity index is 515. The summed E-state index contributed by atoms with van der Waals surface area (Å²) in [5, 5.41) is -0.421. The average molecular weight is 297 g/mol. The van der Waals surface area contributed by atoms with Crippen molar-refractivity contribution in [3.63, 3.8) is 0 Å². The molecule has 1 aromatic carbocycles. The van der Waals surface area contributed by atoms with Gasteiger partial charge in [-0.2, -0.15) is 0 Å². The van der Waals surface area contributed by atoms with Crippen molar-refractivity contribution in [3.8, 4) is 0 Å². The molecule has 1 aliphatic rings. The Morgan fingerprint density at radius 3 is 2.60 bits per heavy atom. The van der Waals surface area contributed by atoms with Crippen LogP contribution in [0.1, 0.15) is 38.2 Å². The Morgan fingerprint density at radius 2 is 2.05 bits per heavy atom. The number of nitrogens with one attached hydrogen (secondary N) is 1. The van der Waals surface area contributed by atoms with Gasteiger partial charge in [-0.25, -0.2) is 13.1 Å². The minimum Gasteiger partial charge on any atom is -0.377 e. The van der Waals surface area contributed by atoms with Gasteiger partial charge in [0, 0.05) is 13.2 Å². The predicted molar refractivity (Wildman–Crippen MR) is 80.2 cm³/mol. The summed E-state index contributed by atoms with van der Waals surface area (Å²) in [5.41, 5.74) is 1.17. The van der Waals surface area contributed by atoms with E-state index in [9.17, 15) is 8.42 Å². The van der Waals surface area contributed by atoms with Crippen molar-refractivity contribution in [2.45, 2.75) is 44.0 Å². The van der Waals surface area contributed by atoms with E-state index in [1.54, 1.807) is 0 Å². The summed E-state index contributed by atoms with van der Waals surface area (Å²) in [6.07, 6.45) is 1.27. The molecule has 1 fully saturated rings. The van der Waals surface area contributed by atoms with Crippen LogP contribution in [0.4, 0.5) is 0 Å². The lowest BCUT2D eigenvalue weighted by molar-refractivity contribution is 0.126. The molecule has 1 heterocycles. The molecule has 0 spiro atoms. The molecule has 0 aromatic heterocycles. The van der Waals surface area contributed by atoms with Gasteiger partial charge >= 0.3 is 0 Å². The molecule has 0 saturated carbocycles.